The van der Waals surface area contributed by atoms with E-state index in [1.807, 2.05) is 25.2 Å². The molecule has 3 amide bonds. The van der Waals surface area contributed by atoms with Gasteiger partial charge in [0.15, 0.2) is 13.2 Å². The van der Waals surface area contributed by atoms with Crippen LogP contribution in [0.3, 0.4) is 0 Å². The van der Waals surface area contributed by atoms with Gasteiger partial charge in [-0.1, -0.05) is 18.2 Å². The number of ether oxygens (including phenoxy) is 2. The highest BCUT2D eigenvalue weighted by molar-refractivity contribution is 6.01. The van der Waals surface area contributed by atoms with Gasteiger partial charge in [0.2, 0.25) is 0 Å². The van der Waals surface area contributed by atoms with Gasteiger partial charge in [-0.3, -0.25) is 10.1 Å². The molecule has 2 N–H and O–H groups in total. The number of urea groups is 1. The minimum absolute atomic E-state index is 0.0818. The van der Waals surface area contributed by atoms with Crippen molar-refractivity contribution in [3.63, 3.8) is 0 Å². The van der Waals surface area contributed by atoms with Crippen LogP contribution in [0.25, 0.3) is 0 Å². The van der Waals surface area contributed by atoms with E-state index >= 15 is 0 Å². The molecule has 0 unspecified atom stereocenters. The molecule has 0 saturated heterocycles. The Kier molecular flexibility index (Phi) is 6.87. The highest BCUT2D eigenvalue weighted by atomic mass is 19.1. The Balaban J connectivity index is 1.72. The summed E-state index contributed by atoms with van der Waals surface area (Å²) >= 11 is 0. The molecule has 0 radical (unpaired) electrons. The SMILES string of the molecule is Cc1cc(C)cc(OCC(=O)OCC(=O)NC(=O)Nc2ccccc2F)c1. The monoisotopic (exact) mass is 374 g/mol. The van der Waals surface area contributed by atoms with Crippen LogP contribution in [0.4, 0.5) is 14.9 Å². The number of amides is 3. The van der Waals surface area contributed by atoms with E-state index in [1.54, 1.807) is 12.1 Å². The van der Waals surface area contributed by atoms with Gasteiger partial charge in [0.25, 0.3) is 5.91 Å². The lowest BCUT2D eigenvalue weighted by Crippen LogP contribution is -2.37. The van der Waals surface area contributed by atoms with Crippen molar-refractivity contribution in [2.75, 3.05) is 18.5 Å². The van der Waals surface area contributed by atoms with Gasteiger partial charge < -0.3 is 14.8 Å². The lowest BCUT2D eigenvalue weighted by Gasteiger charge is -2.09. The van der Waals surface area contributed by atoms with E-state index in [4.69, 9.17) is 9.47 Å². The zero-order valence-corrected chi connectivity index (χ0v) is 14.9. The predicted octanol–water partition coefficient (Wildman–Crippen LogP) is 2.71. The Morgan fingerprint density at radius 1 is 1.00 bits per heavy atom. The van der Waals surface area contributed by atoms with Crippen molar-refractivity contribution >= 4 is 23.6 Å². The number of imide groups is 1. The van der Waals surface area contributed by atoms with Crippen LogP contribution < -0.4 is 15.4 Å². The Morgan fingerprint density at radius 3 is 2.33 bits per heavy atom. The molecule has 0 aliphatic carbocycles. The van der Waals surface area contributed by atoms with Gasteiger partial charge in [0.05, 0.1) is 5.69 Å². The molecular formula is C19H19FN2O5. The summed E-state index contributed by atoms with van der Waals surface area (Å²) in [5, 5.41) is 4.10. The molecule has 0 spiro atoms. The predicted molar refractivity (Wildman–Crippen MR) is 95.9 cm³/mol. The number of hydrogen-bond donors (Lipinski definition) is 2. The van der Waals surface area contributed by atoms with Crippen molar-refractivity contribution in [1.29, 1.82) is 0 Å². The molecule has 0 heterocycles. The highest BCUT2D eigenvalue weighted by Gasteiger charge is 2.13. The first-order valence-electron chi connectivity index (χ1n) is 8.05. The number of esters is 1. The Hall–Kier alpha value is -3.42. The second-order valence-corrected chi connectivity index (χ2v) is 5.75. The minimum Gasteiger partial charge on any atom is -0.482 e. The summed E-state index contributed by atoms with van der Waals surface area (Å²) in [6, 6.07) is 10.0. The van der Waals surface area contributed by atoms with Gasteiger partial charge in [-0.05, 0) is 49.2 Å². The quantitative estimate of drug-likeness (QED) is 0.759. The van der Waals surface area contributed by atoms with Crippen LogP contribution in [0.15, 0.2) is 42.5 Å². The number of para-hydroxylation sites is 1. The summed E-state index contributed by atoms with van der Waals surface area (Å²) in [7, 11) is 0. The van der Waals surface area contributed by atoms with Gasteiger partial charge in [0, 0.05) is 0 Å². The number of carbonyl (C=O) groups excluding carboxylic acids is 3. The summed E-state index contributed by atoms with van der Waals surface area (Å²) in [6.45, 7) is 2.75. The van der Waals surface area contributed by atoms with Gasteiger partial charge in [-0.25, -0.2) is 14.0 Å². The molecule has 0 saturated carbocycles. The number of nitrogens with one attached hydrogen (secondary N) is 2. The molecule has 0 aliphatic heterocycles. The van der Waals surface area contributed by atoms with Crippen LogP contribution >= 0.6 is 0 Å². The van der Waals surface area contributed by atoms with Gasteiger partial charge in [0.1, 0.15) is 11.6 Å². The average molecular weight is 374 g/mol. The first-order valence-corrected chi connectivity index (χ1v) is 8.05. The summed E-state index contributed by atoms with van der Waals surface area (Å²) in [5.41, 5.74) is 1.89. The third-order valence-electron chi connectivity index (χ3n) is 3.29. The molecular weight excluding hydrogens is 355 g/mol. The molecule has 27 heavy (non-hydrogen) atoms. The topological polar surface area (TPSA) is 93.7 Å². The highest BCUT2D eigenvalue weighted by Crippen LogP contribution is 2.16. The van der Waals surface area contributed by atoms with Crippen LogP contribution in [0, 0.1) is 19.7 Å². The van der Waals surface area contributed by atoms with E-state index in [0.29, 0.717) is 5.75 Å². The molecule has 2 aromatic rings. The van der Waals surface area contributed by atoms with E-state index in [0.717, 1.165) is 17.2 Å². The zero-order valence-electron chi connectivity index (χ0n) is 14.9. The van der Waals surface area contributed by atoms with Crippen LogP contribution in [-0.2, 0) is 14.3 Å². The minimum atomic E-state index is -0.937. The summed E-state index contributed by atoms with van der Waals surface area (Å²) < 4.78 is 23.4. The second kappa shape index (κ2) is 9.33. The van der Waals surface area contributed by atoms with Crippen molar-refractivity contribution in [2.45, 2.75) is 13.8 Å². The van der Waals surface area contributed by atoms with E-state index in [-0.39, 0.29) is 12.3 Å². The summed E-state index contributed by atoms with van der Waals surface area (Å²) in [4.78, 5) is 34.9. The molecule has 2 rings (SSSR count). The zero-order chi connectivity index (χ0) is 19.8. The summed E-state index contributed by atoms with van der Waals surface area (Å²) in [5.74, 6) is -1.75. The van der Waals surface area contributed by atoms with Crippen molar-refractivity contribution in [3.8, 4) is 5.75 Å². The lowest BCUT2D eigenvalue weighted by atomic mass is 10.1. The molecule has 0 atom stereocenters. The lowest BCUT2D eigenvalue weighted by molar-refractivity contribution is -0.150. The maximum absolute atomic E-state index is 13.4. The van der Waals surface area contributed by atoms with E-state index in [9.17, 15) is 18.8 Å². The Morgan fingerprint density at radius 2 is 1.67 bits per heavy atom. The molecule has 0 aromatic heterocycles. The molecule has 2 aromatic carbocycles. The average Bonchev–Trinajstić information content (AvgIpc) is 2.59. The maximum atomic E-state index is 13.4. The fraction of sp³-hybridized carbons (Fsp3) is 0.211. The van der Waals surface area contributed by atoms with E-state index in [2.05, 4.69) is 5.32 Å². The fourth-order valence-corrected chi connectivity index (χ4v) is 2.23. The van der Waals surface area contributed by atoms with Crippen LogP contribution in [0.5, 0.6) is 5.75 Å². The first kappa shape index (κ1) is 19.9. The molecule has 8 heteroatoms. The van der Waals surface area contributed by atoms with E-state index < -0.39 is 30.3 Å². The fourth-order valence-electron chi connectivity index (χ4n) is 2.23. The third-order valence-corrected chi connectivity index (χ3v) is 3.29. The maximum Gasteiger partial charge on any atom is 0.344 e. The van der Waals surface area contributed by atoms with Crippen molar-refractivity contribution in [2.24, 2.45) is 0 Å². The Labute approximate surface area is 155 Å². The molecule has 142 valence electrons. The van der Waals surface area contributed by atoms with Gasteiger partial charge in [-0.15, -0.1) is 0 Å². The standard InChI is InChI=1S/C19H19FN2O5/c1-12-7-13(2)9-14(8-12)26-11-18(24)27-10-17(23)22-19(25)21-16-6-4-3-5-15(16)20/h3-9H,10-11H2,1-2H3,(H2,21,22,23,25). The molecule has 0 bridgehead atoms. The Bertz CT molecular complexity index is 833. The number of halogens is 1. The molecule has 0 fully saturated rings. The van der Waals surface area contributed by atoms with E-state index in [1.165, 1.54) is 18.2 Å². The normalized spacial score (nSPS) is 10.0. The number of anilines is 1. The van der Waals surface area contributed by atoms with Crippen molar-refractivity contribution < 1.29 is 28.2 Å². The third kappa shape index (κ3) is 6.77. The van der Waals surface area contributed by atoms with Crippen LogP contribution in [-0.4, -0.2) is 31.1 Å². The molecule has 7 nitrogen and oxygen atoms in total. The van der Waals surface area contributed by atoms with Crippen LogP contribution in [0.2, 0.25) is 0 Å². The largest absolute Gasteiger partial charge is 0.482 e. The second-order valence-electron chi connectivity index (χ2n) is 5.75. The number of hydrogen-bond acceptors (Lipinski definition) is 5. The van der Waals surface area contributed by atoms with Gasteiger partial charge >= 0.3 is 12.0 Å². The van der Waals surface area contributed by atoms with Crippen LogP contribution in [0.1, 0.15) is 11.1 Å². The van der Waals surface area contributed by atoms with Crippen molar-refractivity contribution in [3.05, 3.63) is 59.4 Å². The summed E-state index contributed by atoms with van der Waals surface area (Å²) in [6.07, 6.45) is 0. The number of carbonyl (C=O) groups is 3. The first-order chi connectivity index (χ1) is 12.8. The number of benzene rings is 2. The smallest absolute Gasteiger partial charge is 0.344 e. The molecule has 0 aliphatic rings. The number of rotatable bonds is 6. The van der Waals surface area contributed by atoms with Gasteiger partial charge in [-0.2, -0.15) is 0 Å². The number of aryl methyl sites for hydroxylation is 2. The van der Waals surface area contributed by atoms with Crippen molar-refractivity contribution in [1.82, 2.24) is 5.32 Å².